The molecule has 3 atom stereocenters. The van der Waals surface area contributed by atoms with E-state index < -0.39 is 51.1 Å². The molecule has 5 rings (SSSR count). The molecule has 0 radical (unpaired) electrons. The summed E-state index contributed by atoms with van der Waals surface area (Å²) in [7, 11) is 0. The van der Waals surface area contributed by atoms with E-state index in [0.29, 0.717) is 22.2 Å². The molecular weight excluding hydrogens is 571 g/mol. The minimum absolute atomic E-state index is 0.128. The summed E-state index contributed by atoms with van der Waals surface area (Å²) in [6, 6.07) is 15.4. The molecule has 2 amide bonds. The maximum Gasteiger partial charge on any atom is 0.369 e. The Morgan fingerprint density at radius 2 is 1.73 bits per heavy atom. The number of rotatable bonds is 7. The number of alkyl halides is 3. The van der Waals surface area contributed by atoms with Gasteiger partial charge in [-0.25, -0.2) is 9.59 Å². The van der Waals surface area contributed by atoms with E-state index in [2.05, 4.69) is 5.32 Å². The molecule has 0 spiro atoms. The van der Waals surface area contributed by atoms with Crippen molar-refractivity contribution in [3.05, 3.63) is 60.2 Å². The summed E-state index contributed by atoms with van der Waals surface area (Å²) in [5.74, 6) is -0.459. The molecule has 3 aliphatic rings. The van der Waals surface area contributed by atoms with E-state index in [1.807, 2.05) is 24.3 Å². The topological polar surface area (TPSA) is 131 Å². The summed E-state index contributed by atoms with van der Waals surface area (Å²) in [6.45, 7) is 0.483. The van der Waals surface area contributed by atoms with Crippen LogP contribution < -0.4 is 10.1 Å². The largest absolute Gasteiger partial charge is 0.457 e. The molecular formula is C23H21Cl3N2O8S. The fraction of sp³-hybridized carbons (Fsp3) is 0.304. The van der Waals surface area contributed by atoms with E-state index in [-0.39, 0.29) is 6.61 Å². The van der Waals surface area contributed by atoms with Gasteiger partial charge in [-0.15, -0.1) is 0 Å². The van der Waals surface area contributed by atoms with Crippen LogP contribution in [0.3, 0.4) is 0 Å². The lowest BCUT2D eigenvalue weighted by atomic mass is 10.1. The van der Waals surface area contributed by atoms with E-state index in [9.17, 15) is 24.3 Å². The Morgan fingerprint density at radius 3 is 2.22 bits per heavy atom. The Morgan fingerprint density at radius 1 is 1.11 bits per heavy atom. The number of thioether (sulfide) groups is 1. The molecule has 3 unspecified atom stereocenters. The van der Waals surface area contributed by atoms with Crippen LogP contribution in [0.5, 0.6) is 11.5 Å². The van der Waals surface area contributed by atoms with Crippen LogP contribution in [-0.4, -0.2) is 61.1 Å². The predicted molar refractivity (Wildman–Crippen MR) is 136 cm³/mol. The van der Waals surface area contributed by atoms with Crippen LogP contribution in [0.4, 0.5) is 4.79 Å². The Hall–Kier alpha value is -2.70. The number of likely N-dealkylation sites (tertiary alicyclic amines) is 1. The summed E-state index contributed by atoms with van der Waals surface area (Å²) < 4.78 is 13.0. The molecule has 3 aliphatic heterocycles. The predicted octanol–water partition coefficient (Wildman–Crippen LogP) is 3.75. The number of nitrogens with one attached hydrogen (secondary N) is 1. The molecule has 198 valence electrons. The highest BCUT2D eigenvalue weighted by Gasteiger charge is 2.54. The average Bonchev–Trinajstić information content (AvgIpc) is 2.85. The third kappa shape index (κ3) is 8.41. The van der Waals surface area contributed by atoms with Gasteiger partial charge in [0.05, 0.1) is 0 Å². The van der Waals surface area contributed by atoms with Gasteiger partial charge in [0.1, 0.15) is 36.1 Å². The standard InChI is InChI=1S/C17H17Cl3N2O7S.C6H4O/c1-9(23)21-11-12(24)22(14(11)30-16(27)29-8-17(18,19)20)13(25)15(26)28-7-10-5-3-2-4-6-10;1-2-5-4-6(3-1)7-5/h2-6,11,13-14,25H,7-8H2,1H3,(H,21,23);1-4H. The number of carbonyl (C=O) groups excluding carboxylic acids is 4. The number of aliphatic hydroxyl groups excluding tert-OH is 1. The molecule has 0 saturated carbocycles. The Labute approximate surface area is 231 Å². The molecule has 37 heavy (non-hydrogen) atoms. The molecule has 0 aromatic heterocycles. The third-order valence-electron chi connectivity index (χ3n) is 4.75. The normalized spacial score (nSPS) is 18.1. The van der Waals surface area contributed by atoms with E-state index in [1.54, 1.807) is 30.3 Å². The highest BCUT2D eigenvalue weighted by molar-refractivity contribution is 8.13. The zero-order valence-electron chi connectivity index (χ0n) is 19.1. The van der Waals surface area contributed by atoms with Crippen LogP contribution in [0, 0.1) is 0 Å². The summed E-state index contributed by atoms with van der Waals surface area (Å²) in [5, 5.41) is 10.5. The number of β-lactam (4-membered cyclic amide) rings is 1. The summed E-state index contributed by atoms with van der Waals surface area (Å²) in [4.78, 5) is 48.6. The lowest BCUT2D eigenvalue weighted by molar-refractivity contribution is -0.182. The quantitative estimate of drug-likeness (QED) is 0.240. The van der Waals surface area contributed by atoms with Gasteiger partial charge in [-0.05, 0) is 29.5 Å². The minimum atomic E-state index is -2.00. The number of carbonyl (C=O) groups is 4. The lowest BCUT2D eigenvalue weighted by Crippen LogP contribution is -2.73. The zero-order valence-corrected chi connectivity index (χ0v) is 22.2. The second-order valence-corrected chi connectivity index (χ2v) is 11.2. The first kappa shape index (κ1) is 28.9. The number of ether oxygens (including phenoxy) is 3. The van der Waals surface area contributed by atoms with Crippen LogP contribution in [0.2, 0.25) is 0 Å². The number of amides is 2. The number of hydrogen-bond acceptors (Lipinski definition) is 9. The van der Waals surface area contributed by atoms with Gasteiger partial charge in [0.25, 0.3) is 5.91 Å². The maximum absolute atomic E-state index is 12.3. The van der Waals surface area contributed by atoms with Crippen LogP contribution >= 0.6 is 46.6 Å². The van der Waals surface area contributed by atoms with Gasteiger partial charge in [-0.1, -0.05) is 71.2 Å². The van der Waals surface area contributed by atoms with Crippen molar-refractivity contribution >= 4 is 69.6 Å². The molecule has 10 nitrogen and oxygen atoms in total. The first-order valence-electron chi connectivity index (χ1n) is 10.6. The minimum Gasteiger partial charge on any atom is -0.457 e. The Bertz CT molecular complexity index is 1120. The molecule has 2 aromatic carbocycles. The van der Waals surface area contributed by atoms with Gasteiger partial charge in [0.15, 0.2) is 0 Å². The SMILES string of the molecule is CC(=O)NC1C(=O)N(C(O)C(=O)OCc2ccccc2)C1SC(=O)OCC(Cl)(Cl)Cl.c1cc2cc(c1)O2. The monoisotopic (exact) mass is 590 g/mol. The second kappa shape index (κ2) is 12.7. The van der Waals surface area contributed by atoms with Crippen molar-refractivity contribution in [2.24, 2.45) is 0 Å². The second-order valence-electron chi connectivity index (χ2n) is 7.63. The van der Waals surface area contributed by atoms with Crippen molar-refractivity contribution in [1.82, 2.24) is 10.2 Å². The lowest BCUT2D eigenvalue weighted by Gasteiger charge is -2.46. The first-order chi connectivity index (χ1) is 17.4. The molecule has 2 aromatic rings. The van der Waals surface area contributed by atoms with Crippen LogP contribution in [0.25, 0.3) is 0 Å². The molecule has 2 bridgehead atoms. The van der Waals surface area contributed by atoms with E-state index in [0.717, 1.165) is 11.5 Å². The zero-order chi connectivity index (χ0) is 27.2. The summed E-state index contributed by atoms with van der Waals surface area (Å²) in [6.07, 6.45) is -2.00. The average molecular weight is 592 g/mol. The fourth-order valence-electron chi connectivity index (χ4n) is 3.09. The van der Waals surface area contributed by atoms with Crippen molar-refractivity contribution in [3.8, 4) is 11.5 Å². The number of benzene rings is 2. The maximum atomic E-state index is 12.3. The first-order valence-corrected chi connectivity index (χ1v) is 12.6. The van der Waals surface area contributed by atoms with E-state index in [1.165, 1.54) is 6.92 Å². The van der Waals surface area contributed by atoms with Crippen LogP contribution in [0.1, 0.15) is 12.5 Å². The van der Waals surface area contributed by atoms with Gasteiger partial charge in [-0.2, -0.15) is 0 Å². The van der Waals surface area contributed by atoms with E-state index >= 15 is 0 Å². The highest BCUT2D eigenvalue weighted by atomic mass is 35.6. The summed E-state index contributed by atoms with van der Waals surface area (Å²) >= 11 is 17.0. The van der Waals surface area contributed by atoms with Crippen molar-refractivity contribution in [2.45, 2.75) is 35.0 Å². The number of halogens is 3. The van der Waals surface area contributed by atoms with Crippen LogP contribution in [0.15, 0.2) is 54.6 Å². The van der Waals surface area contributed by atoms with Crippen molar-refractivity contribution in [1.29, 1.82) is 0 Å². The smallest absolute Gasteiger partial charge is 0.369 e. The molecule has 1 fully saturated rings. The summed E-state index contributed by atoms with van der Waals surface area (Å²) in [5.41, 5.74) is 0.672. The Kier molecular flexibility index (Phi) is 9.91. The molecule has 3 heterocycles. The number of fused-ring (bicyclic) bond motifs is 2. The van der Waals surface area contributed by atoms with Gasteiger partial charge < -0.3 is 24.6 Å². The van der Waals surface area contributed by atoms with Gasteiger partial charge in [0.2, 0.25) is 15.9 Å². The van der Waals surface area contributed by atoms with Gasteiger partial charge >= 0.3 is 11.3 Å². The molecule has 0 aliphatic carbocycles. The van der Waals surface area contributed by atoms with Crippen molar-refractivity contribution in [2.75, 3.05) is 6.61 Å². The van der Waals surface area contributed by atoms with Gasteiger partial charge in [0, 0.05) is 13.0 Å². The number of nitrogens with zero attached hydrogens (tertiary/aromatic N) is 1. The number of esters is 1. The third-order valence-corrected chi connectivity index (χ3v) is 6.13. The highest BCUT2D eigenvalue weighted by Crippen LogP contribution is 2.35. The van der Waals surface area contributed by atoms with E-state index in [4.69, 9.17) is 49.0 Å². The Balaban J connectivity index is 0.000000458. The molecule has 1 saturated heterocycles. The van der Waals surface area contributed by atoms with Crippen LogP contribution in [-0.2, 0) is 30.5 Å². The van der Waals surface area contributed by atoms with Crippen molar-refractivity contribution in [3.63, 3.8) is 0 Å². The molecule has 14 heteroatoms. The van der Waals surface area contributed by atoms with Crippen molar-refractivity contribution < 1.29 is 38.5 Å². The molecule has 2 N–H and O–H groups in total. The van der Waals surface area contributed by atoms with Gasteiger partial charge in [-0.3, -0.25) is 14.5 Å². The fourth-order valence-corrected chi connectivity index (χ4v) is 4.23. The number of aliphatic hydroxyl groups is 1. The number of hydrogen-bond donors (Lipinski definition) is 2.